The molecule has 1 aliphatic carbocycles. The number of amides is 1. The average molecular weight is 276 g/mol. The number of hydrogen-bond acceptors (Lipinski definition) is 3. The van der Waals surface area contributed by atoms with Crippen LogP contribution >= 0.6 is 0 Å². The van der Waals surface area contributed by atoms with Gasteiger partial charge in [-0.1, -0.05) is 19.8 Å². The molecule has 0 saturated heterocycles. The molecule has 0 radical (unpaired) electrons. The molecule has 1 aliphatic rings. The number of nitrogens with one attached hydrogen (secondary N) is 1. The molecule has 0 unspecified atom stereocenters. The number of nitrogens with two attached hydrogens (primary N) is 1. The highest BCUT2D eigenvalue weighted by molar-refractivity contribution is 6.03. The molecule has 2 rings (SSSR count). The maximum atomic E-state index is 12.5. The van der Waals surface area contributed by atoms with E-state index in [0.717, 1.165) is 32.1 Å². The van der Waals surface area contributed by atoms with E-state index in [4.69, 9.17) is 10.8 Å². The topological polar surface area (TPSA) is 92.4 Å². The van der Waals surface area contributed by atoms with Crippen molar-refractivity contribution in [3.8, 4) is 0 Å². The number of nitrogen functional groups attached to an aromatic ring is 1. The van der Waals surface area contributed by atoms with Crippen molar-refractivity contribution < 1.29 is 14.7 Å². The number of anilines is 2. The van der Waals surface area contributed by atoms with Crippen LogP contribution in [0.5, 0.6) is 0 Å². The lowest BCUT2D eigenvalue weighted by atomic mass is 9.82. The Morgan fingerprint density at radius 1 is 1.35 bits per heavy atom. The van der Waals surface area contributed by atoms with E-state index in [0.29, 0.717) is 5.69 Å². The first-order valence-electron chi connectivity index (χ1n) is 6.93. The number of carboxylic acid groups (broad SMARTS) is 1. The predicted octanol–water partition coefficient (Wildman–Crippen LogP) is 2.88. The minimum absolute atomic E-state index is 0.0665. The Hall–Kier alpha value is -2.04. The molecule has 0 atom stereocenters. The molecule has 0 bridgehead atoms. The molecule has 4 N–H and O–H groups in total. The second-order valence-electron chi connectivity index (χ2n) is 5.41. The summed E-state index contributed by atoms with van der Waals surface area (Å²) in [5.41, 5.74) is 6.10. The molecule has 108 valence electrons. The van der Waals surface area contributed by atoms with Crippen LogP contribution in [0.15, 0.2) is 18.2 Å². The minimum atomic E-state index is -1.07. The van der Waals surface area contributed by atoms with Crippen LogP contribution in [-0.4, -0.2) is 17.0 Å². The van der Waals surface area contributed by atoms with Gasteiger partial charge < -0.3 is 16.2 Å². The molecule has 0 spiro atoms. The van der Waals surface area contributed by atoms with Crippen LogP contribution in [-0.2, 0) is 4.79 Å². The van der Waals surface area contributed by atoms with E-state index in [-0.39, 0.29) is 22.6 Å². The van der Waals surface area contributed by atoms with Crippen LogP contribution < -0.4 is 11.1 Å². The van der Waals surface area contributed by atoms with E-state index >= 15 is 0 Å². The molecule has 0 aromatic heterocycles. The molecule has 1 aromatic carbocycles. The predicted molar refractivity (Wildman–Crippen MR) is 77.6 cm³/mol. The summed E-state index contributed by atoms with van der Waals surface area (Å²) >= 11 is 0. The smallest absolute Gasteiger partial charge is 0.337 e. The zero-order chi connectivity index (χ0) is 14.8. The summed E-state index contributed by atoms with van der Waals surface area (Å²) in [6.45, 7) is 2.00. The van der Waals surface area contributed by atoms with Gasteiger partial charge in [-0.25, -0.2) is 4.79 Å². The molecular weight excluding hydrogens is 256 g/mol. The normalized spacial score (nSPS) is 16.9. The SMILES string of the molecule is CCC1(C(=O)Nc2cc(N)ccc2C(=O)O)CCCC1. The van der Waals surface area contributed by atoms with Crippen molar-refractivity contribution in [2.24, 2.45) is 5.41 Å². The second-order valence-corrected chi connectivity index (χ2v) is 5.41. The number of carboxylic acids is 1. The van der Waals surface area contributed by atoms with Gasteiger partial charge >= 0.3 is 5.97 Å². The highest BCUT2D eigenvalue weighted by Gasteiger charge is 2.39. The largest absolute Gasteiger partial charge is 0.478 e. The van der Waals surface area contributed by atoms with Gasteiger partial charge in [-0.3, -0.25) is 4.79 Å². The summed E-state index contributed by atoms with van der Waals surface area (Å²) in [7, 11) is 0. The summed E-state index contributed by atoms with van der Waals surface area (Å²) < 4.78 is 0. The third kappa shape index (κ3) is 2.61. The molecule has 20 heavy (non-hydrogen) atoms. The monoisotopic (exact) mass is 276 g/mol. The van der Waals surface area contributed by atoms with Crippen molar-refractivity contribution in [2.45, 2.75) is 39.0 Å². The minimum Gasteiger partial charge on any atom is -0.478 e. The van der Waals surface area contributed by atoms with E-state index in [1.54, 1.807) is 0 Å². The van der Waals surface area contributed by atoms with Crippen LogP contribution in [0.2, 0.25) is 0 Å². The van der Waals surface area contributed by atoms with Gasteiger partial charge in [-0.2, -0.15) is 0 Å². The molecule has 1 amide bonds. The second kappa shape index (κ2) is 5.53. The standard InChI is InChI=1S/C15H20N2O3/c1-2-15(7-3-4-8-15)14(20)17-12-9-10(16)5-6-11(12)13(18)19/h5-6,9H,2-4,7-8,16H2,1H3,(H,17,20)(H,18,19). The number of carbonyl (C=O) groups excluding carboxylic acids is 1. The Bertz CT molecular complexity index is 534. The summed E-state index contributed by atoms with van der Waals surface area (Å²) in [6, 6.07) is 4.43. The third-order valence-corrected chi connectivity index (χ3v) is 4.24. The Morgan fingerprint density at radius 2 is 2.00 bits per heavy atom. The Labute approximate surface area is 118 Å². The highest BCUT2D eigenvalue weighted by atomic mass is 16.4. The molecule has 1 aromatic rings. The van der Waals surface area contributed by atoms with E-state index in [2.05, 4.69) is 5.32 Å². The first-order valence-corrected chi connectivity index (χ1v) is 6.93. The fraction of sp³-hybridized carbons (Fsp3) is 0.467. The average Bonchev–Trinajstić information content (AvgIpc) is 2.88. The summed E-state index contributed by atoms with van der Waals surface area (Å²) in [5.74, 6) is -1.16. The lowest BCUT2D eigenvalue weighted by molar-refractivity contribution is -0.125. The zero-order valence-corrected chi connectivity index (χ0v) is 11.6. The van der Waals surface area contributed by atoms with Crippen LogP contribution in [0.4, 0.5) is 11.4 Å². The molecule has 0 heterocycles. The van der Waals surface area contributed by atoms with Crippen molar-refractivity contribution >= 4 is 23.3 Å². The first-order chi connectivity index (χ1) is 9.48. The summed E-state index contributed by atoms with van der Waals surface area (Å²) in [4.78, 5) is 23.7. The van der Waals surface area contributed by atoms with Gasteiger partial charge in [0.15, 0.2) is 0 Å². The maximum Gasteiger partial charge on any atom is 0.337 e. The van der Waals surface area contributed by atoms with E-state index in [1.807, 2.05) is 6.92 Å². The Kier molecular flexibility index (Phi) is 3.97. The molecule has 0 aliphatic heterocycles. The number of benzene rings is 1. The molecule has 5 heteroatoms. The maximum absolute atomic E-state index is 12.5. The number of aromatic carboxylic acids is 1. The van der Waals surface area contributed by atoms with Crippen LogP contribution in [0.3, 0.4) is 0 Å². The van der Waals surface area contributed by atoms with Crippen molar-refractivity contribution in [3.63, 3.8) is 0 Å². The van der Waals surface area contributed by atoms with Gasteiger partial charge in [0.05, 0.1) is 11.3 Å². The van der Waals surface area contributed by atoms with Gasteiger partial charge in [0.25, 0.3) is 0 Å². The van der Waals surface area contributed by atoms with Crippen LogP contribution in [0, 0.1) is 5.41 Å². The third-order valence-electron chi connectivity index (χ3n) is 4.24. The molecule has 1 fully saturated rings. The van der Waals surface area contributed by atoms with E-state index in [9.17, 15) is 9.59 Å². The van der Waals surface area contributed by atoms with Gasteiger partial charge in [0, 0.05) is 11.1 Å². The molecular formula is C15H20N2O3. The fourth-order valence-electron chi connectivity index (χ4n) is 2.90. The van der Waals surface area contributed by atoms with Gasteiger partial charge in [-0.15, -0.1) is 0 Å². The van der Waals surface area contributed by atoms with Gasteiger partial charge in [0.2, 0.25) is 5.91 Å². The Balaban J connectivity index is 2.27. The quantitative estimate of drug-likeness (QED) is 0.737. The summed E-state index contributed by atoms with van der Waals surface area (Å²) in [5, 5.41) is 11.9. The number of carbonyl (C=O) groups is 2. The van der Waals surface area contributed by atoms with Gasteiger partial charge in [-0.05, 0) is 37.5 Å². The van der Waals surface area contributed by atoms with Gasteiger partial charge in [0.1, 0.15) is 0 Å². The number of rotatable bonds is 4. The van der Waals surface area contributed by atoms with Crippen molar-refractivity contribution in [3.05, 3.63) is 23.8 Å². The van der Waals surface area contributed by atoms with Crippen molar-refractivity contribution in [1.82, 2.24) is 0 Å². The van der Waals surface area contributed by atoms with Crippen molar-refractivity contribution in [2.75, 3.05) is 11.1 Å². The zero-order valence-electron chi connectivity index (χ0n) is 11.6. The molecule has 5 nitrogen and oxygen atoms in total. The summed E-state index contributed by atoms with van der Waals surface area (Å²) in [6.07, 6.45) is 4.58. The molecule has 1 saturated carbocycles. The lowest BCUT2D eigenvalue weighted by Gasteiger charge is -2.26. The highest BCUT2D eigenvalue weighted by Crippen LogP contribution is 2.42. The number of hydrogen-bond donors (Lipinski definition) is 3. The lowest BCUT2D eigenvalue weighted by Crippen LogP contribution is -2.33. The van der Waals surface area contributed by atoms with Crippen LogP contribution in [0.1, 0.15) is 49.4 Å². The van der Waals surface area contributed by atoms with Crippen molar-refractivity contribution in [1.29, 1.82) is 0 Å². The van der Waals surface area contributed by atoms with E-state index < -0.39 is 5.97 Å². The fourth-order valence-corrected chi connectivity index (χ4v) is 2.90. The van der Waals surface area contributed by atoms with E-state index in [1.165, 1.54) is 18.2 Å². The van der Waals surface area contributed by atoms with Crippen LogP contribution in [0.25, 0.3) is 0 Å². The Morgan fingerprint density at radius 3 is 2.55 bits per heavy atom. The first kappa shape index (κ1) is 14.4.